The predicted octanol–water partition coefficient (Wildman–Crippen LogP) is 5.32. The van der Waals surface area contributed by atoms with Crippen LogP contribution < -0.4 is 14.9 Å². The van der Waals surface area contributed by atoms with Crippen LogP contribution in [0.15, 0.2) is 36.4 Å². The van der Waals surface area contributed by atoms with E-state index in [1.807, 2.05) is 19.9 Å². The minimum absolute atomic E-state index is 0.0774. The number of rotatable bonds is 8. The minimum atomic E-state index is -0.444. The van der Waals surface area contributed by atoms with Gasteiger partial charge in [-0.05, 0) is 56.0 Å². The molecule has 174 valence electrons. The topological polar surface area (TPSA) is 67.9 Å². The Hall–Kier alpha value is -2.86. The maximum absolute atomic E-state index is 13.6. The van der Waals surface area contributed by atoms with Crippen molar-refractivity contribution in [2.45, 2.75) is 60.4 Å². The van der Waals surface area contributed by atoms with Gasteiger partial charge in [0, 0.05) is 17.2 Å². The van der Waals surface area contributed by atoms with Gasteiger partial charge in [0.25, 0.3) is 11.8 Å². The number of aryl methyl sites for hydroxylation is 2. The van der Waals surface area contributed by atoms with E-state index in [1.54, 1.807) is 30.3 Å². The van der Waals surface area contributed by atoms with Crippen LogP contribution in [-0.4, -0.2) is 37.1 Å². The lowest BCUT2D eigenvalue weighted by Gasteiger charge is -2.35. The largest absolute Gasteiger partial charge is 0.493 e. The van der Waals surface area contributed by atoms with Gasteiger partial charge in [0.15, 0.2) is 11.5 Å². The summed E-state index contributed by atoms with van der Waals surface area (Å²) in [6.07, 6.45) is 1.74. The van der Waals surface area contributed by atoms with Crippen molar-refractivity contribution in [2.24, 2.45) is 5.41 Å². The van der Waals surface area contributed by atoms with Crippen molar-refractivity contribution in [1.82, 2.24) is 10.4 Å². The average molecular weight is 441 g/mol. The van der Waals surface area contributed by atoms with Crippen LogP contribution in [0.3, 0.4) is 0 Å². The maximum Gasteiger partial charge on any atom is 0.275 e. The number of hydrogen-bond donors (Lipinski definition) is 1. The molecule has 0 aliphatic rings. The van der Waals surface area contributed by atoms with Crippen molar-refractivity contribution in [2.75, 3.05) is 14.2 Å². The molecule has 0 heterocycles. The van der Waals surface area contributed by atoms with E-state index in [2.05, 4.69) is 33.1 Å². The van der Waals surface area contributed by atoms with E-state index >= 15 is 0 Å². The molecule has 32 heavy (non-hydrogen) atoms. The molecule has 0 fully saturated rings. The monoisotopic (exact) mass is 440 g/mol. The molecular formula is C26H36N2O4. The van der Waals surface area contributed by atoms with Gasteiger partial charge in [0.05, 0.1) is 14.2 Å². The molecule has 0 saturated heterocycles. The number of ether oxygens (including phenoxy) is 2. The number of nitrogens with one attached hydrogen (secondary N) is 1. The van der Waals surface area contributed by atoms with Gasteiger partial charge >= 0.3 is 0 Å². The van der Waals surface area contributed by atoms with Gasteiger partial charge in [-0.1, -0.05) is 51.3 Å². The highest BCUT2D eigenvalue weighted by atomic mass is 16.5. The van der Waals surface area contributed by atoms with Crippen LogP contribution in [0.5, 0.6) is 11.5 Å². The van der Waals surface area contributed by atoms with E-state index in [-0.39, 0.29) is 17.4 Å². The van der Waals surface area contributed by atoms with Crippen molar-refractivity contribution in [3.63, 3.8) is 0 Å². The van der Waals surface area contributed by atoms with Crippen molar-refractivity contribution in [3.05, 3.63) is 58.7 Å². The number of nitrogens with zero attached hydrogens (tertiary/aromatic N) is 1. The van der Waals surface area contributed by atoms with Gasteiger partial charge in [-0.3, -0.25) is 9.59 Å². The number of amides is 2. The summed E-state index contributed by atoms with van der Waals surface area (Å²) in [5, 5.41) is 1.15. The lowest BCUT2D eigenvalue weighted by atomic mass is 9.84. The molecule has 0 radical (unpaired) electrons. The van der Waals surface area contributed by atoms with Gasteiger partial charge in [-0.2, -0.15) is 0 Å². The first kappa shape index (κ1) is 25.4. The van der Waals surface area contributed by atoms with Gasteiger partial charge in [0.2, 0.25) is 0 Å². The zero-order chi connectivity index (χ0) is 24.1. The lowest BCUT2D eigenvalue weighted by molar-refractivity contribution is 0.0425. The second kappa shape index (κ2) is 10.6. The fourth-order valence-corrected chi connectivity index (χ4v) is 3.67. The second-order valence-corrected chi connectivity index (χ2v) is 9.23. The minimum Gasteiger partial charge on any atom is -0.493 e. The average Bonchev–Trinajstić information content (AvgIpc) is 2.73. The zero-order valence-corrected chi connectivity index (χ0v) is 20.5. The standard InChI is InChI=1S/C26H36N2O4/c1-9-10-23(26(4,5)6)27-28(25(30)20-14-17(2)13-18(3)15-20)24(29)19-11-12-21(31-7)22(16-19)32-8/h11-16,23,27H,9-10H2,1-8H3/t23-/m1/s1. The highest BCUT2D eigenvalue weighted by Crippen LogP contribution is 2.29. The molecule has 6 nitrogen and oxygen atoms in total. The fourth-order valence-electron chi connectivity index (χ4n) is 3.67. The van der Waals surface area contributed by atoms with Crippen LogP contribution in [0, 0.1) is 19.3 Å². The Kier molecular flexibility index (Phi) is 8.44. The first-order valence-electron chi connectivity index (χ1n) is 11.0. The van der Waals surface area contributed by atoms with Crippen LogP contribution in [0.25, 0.3) is 0 Å². The number of carbonyl (C=O) groups excluding carboxylic acids is 2. The third-order valence-corrected chi connectivity index (χ3v) is 5.41. The molecule has 0 aliphatic carbocycles. The SMILES string of the molecule is CCC[C@@H](NN(C(=O)c1cc(C)cc(C)c1)C(=O)c1ccc(OC)c(OC)c1)C(C)(C)C. The van der Waals surface area contributed by atoms with Crippen molar-refractivity contribution < 1.29 is 19.1 Å². The molecule has 0 unspecified atom stereocenters. The highest BCUT2D eigenvalue weighted by molar-refractivity contribution is 6.10. The quantitative estimate of drug-likeness (QED) is 0.444. The molecular weight excluding hydrogens is 404 g/mol. The molecule has 0 aromatic heterocycles. The zero-order valence-electron chi connectivity index (χ0n) is 20.5. The Morgan fingerprint density at radius 1 is 0.906 bits per heavy atom. The normalized spacial score (nSPS) is 12.2. The molecule has 1 N–H and O–H groups in total. The van der Waals surface area contributed by atoms with Crippen LogP contribution in [0.1, 0.15) is 72.4 Å². The third kappa shape index (κ3) is 6.10. The Labute approximate surface area is 191 Å². The van der Waals surface area contributed by atoms with Gasteiger partial charge in [-0.15, -0.1) is 0 Å². The van der Waals surface area contributed by atoms with Crippen LogP contribution in [0.4, 0.5) is 0 Å². The first-order valence-corrected chi connectivity index (χ1v) is 11.0. The van der Waals surface area contributed by atoms with Gasteiger partial charge in [-0.25, -0.2) is 10.4 Å². The van der Waals surface area contributed by atoms with E-state index < -0.39 is 5.91 Å². The second-order valence-electron chi connectivity index (χ2n) is 9.23. The number of benzene rings is 2. The molecule has 0 aliphatic heterocycles. The fraction of sp³-hybridized carbons (Fsp3) is 0.462. The summed E-state index contributed by atoms with van der Waals surface area (Å²) in [6.45, 7) is 12.3. The summed E-state index contributed by atoms with van der Waals surface area (Å²) in [6, 6.07) is 10.4. The highest BCUT2D eigenvalue weighted by Gasteiger charge is 2.32. The smallest absolute Gasteiger partial charge is 0.275 e. The number of imide groups is 1. The first-order chi connectivity index (χ1) is 15.0. The van der Waals surface area contributed by atoms with Crippen LogP contribution in [0.2, 0.25) is 0 Å². The van der Waals surface area contributed by atoms with Gasteiger partial charge in [0.1, 0.15) is 0 Å². The summed E-state index contributed by atoms with van der Waals surface area (Å²) in [5.74, 6) is 0.114. The number of methoxy groups -OCH3 is 2. The van der Waals surface area contributed by atoms with E-state index in [0.717, 1.165) is 29.0 Å². The van der Waals surface area contributed by atoms with E-state index in [9.17, 15) is 9.59 Å². The summed E-state index contributed by atoms with van der Waals surface area (Å²) >= 11 is 0. The molecule has 6 heteroatoms. The van der Waals surface area contributed by atoms with Crippen LogP contribution >= 0.6 is 0 Å². The molecule has 2 aromatic carbocycles. The summed E-state index contributed by atoms with van der Waals surface area (Å²) in [5.41, 5.74) is 5.83. The molecule has 1 atom stereocenters. The Bertz CT molecular complexity index is 943. The summed E-state index contributed by atoms with van der Waals surface area (Å²) in [4.78, 5) is 27.2. The third-order valence-electron chi connectivity index (χ3n) is 5.41. The van der Waals surface area contributed by atoms with E-state index in [4.69, 9.17) is 9.47 Å². The number of hydrazine groups is 1. The predicted molar refractivity (Wildman–Crippen MR) is 127 cm³/mol. The maximum atomic E-state index is 13.6. The molecule has 2 rings (SSSR count). The molecule has 0 saturated carbocycles. The van der Waals surface area contributed by atoms with Crippen molar-refractivity contribution >= 4 is 11.8 Å². The Balaban J connectivity index is 2.54. The molecule has 2 aromatic rings. The van der Waals surface area contributed by atoms with Gasteiger partial charge < -0.3 is 9.47 Å². The molecule has 0 spiro atoms. The lowest BCUT2D eigenvalue weighted by Crippen LogP contribution is -2.55. The molecule has 2 amide bonds. The van der Waals surface area contributed by atoms with Crippen LogP contribution in [-0.2, 0) is 0 Å². The van der Waals surface area contributed by atoms with Crippen molar-refractivity contribution in [3.8, 4) is 11.5 Å². The summed E-state index contributed by atoms with van der Waals surface area (Å²) in [7, 11) is 3.05. The number of hydrogen-bond acceptors (Lipinski definition) is 5. The van der Waals surface area contributed by atoms with Crippen molar-refractivity contribution in [1.29, 1.82) is 0 Å². The summed E-state index contributed by atoms with van der Waals surface area (Å²) < 4.78 is 10.6. The number of carbonyl (C=O) groups is 2. The Morgan fingerprint density at radius 2 is 1.47 bits per heavy atom. The van der Waals surface area contributed by atoms with E-state index in [1.165, 1.54) is 14.2 Å². The van der Waals surface area contributed by atoms with E-state index in [0.29, 0.717) is 22.6 Å². The Morgan fingerprint density at radius 3 is 1.97 bits per heavy atom. The molecule has 0 bridgehead atoms.